The first-order valence-electron chi connectivity index (χ1n) is 6.46. The first kappa shape index (κ1) is 15.7. The fraction of sp³-hybridized carbons (Fsp3) is 0.0625. The molecule has 22 heavy (non-hydrogen) atoms. The van der Waals surface area contributed by atoms with Crippen LogP contribution in [0.2, 0.25) is 5.02 Å². The number of amides is 1. The number of anilines is 1. The number of carbonyl (C=O) groups is 1. The molecule has 1 amide bonds. The summed E-state index contributed by atoms with van der Waals surface area (Å²) in [5.74, 6) is -0.313. The Kier molecular flexibility index (Phi) is 4.91. The third-order valence-corrected chi connectivity index (χ3v) is 3.32. The van der Waals surface area contributed by atoms with Gasteiger partial charge in [-0.3, -0.25) is 14.9 Å². The summed E-state index contributed by atoms with van der Waals surface area (Å²) >= 11 is 5.73. The van der Waals surface area contributed by atoms with Gasteiger partial charge in [-0.2, -0.15) is 0 Å². The molecule has 0 spiro atoms. The summed E-state index contributed by atoms with van der Waals surface area (Å²) in [5, 5.41) is 13.6. The molecule has 0 saturated carbocycles. The third-order valence-electron chi connectivity index (χ3n) is 3.00. The Morgan fingerprint density at radius 2 is 2.00 bits per heavy atom. The number of benzene rings is 2. The average Bonchev–Trinajstić information content (AvgIpc) is 2.48. The van der Waals surface area contributed by atoms with Crippen molar-refractivity contribution in [3.63, 3.8) is 0 Å². The van der Waals surface area contributed by atoms with Crippen LogP contribution < -0.4 is 5.32 Å². The zero-order chi connectivity index (χ0) is 16.1. The van der Waals surface area contributed by atoms with E-state index in [4.69, 9.17) is 11.6 Å². The van der Waals surface area contributed by atoms with Crippen molar-refractivity contribution < 1.29 is 9.72 Å². The molecule has 6 heteroatoms. The zero-order valence-corrected chi connectivity index (χ0v) is 12.5. The Labute approximate surface area is 132 Å². The molecule has 2 aromatic carbocycles. The van der Waals surface area contributed by atoms with Crippen LogP contribution in [0, 0.1) is 17.0 Å². The van der Waals surface area contributed by atoms with E-state index in [0.717, 1.165) is 11.3 Å². The summed E-state index contributed by atoms with van der Waals surface area (Å²) in [6.07, 6.45) is 2.82. The second kappa shape index (κ2) is 6.87. The van der Waals surface area contributed by atoms with Crippen molar-refractivity contribution in [1.82, 2.24) is 0 Å². The molecule has 0 fully saturated rings. The normalized spacial score (nSPS) is 10.6. The van der Waals surface area contributed by atoms with Gasteiger partial charge in [0.2, 0.25) is 5.91 Å². The smallest absolute Gasteiger partial charge is 0.288 e. The van der Waals surface area contributed by atoms with Gasteiger partial charge >= 0.3 is 0 Å². The molecule has 2 aromatic rings. The van der Waals surface area contributed by atoms with E-state index in [1.54, 1.807) is 12.1 Å². The molecule has 0 aliphatic rings. The van der Waals surface area contributed by atoms with Crippen molar-refractivity contribution in [2.45, 2.75) is 6.92 Å². The lowest BCUT2D eigenvalue weighted by Gasteiger charge is -2.05. The summed E-state index contributed by atoms with van der Waals surface area (Å²) in [4.78, 5) is 22.1. The average molecular weight is 317 g/mol. The third kappa shape index (κ3) is 3.93. The number of nitrogens with zero attached hydrogens (tertiary/aromatic N) is 1. The van der Waals surface area contributed by atoms with Crippen LogP contribution in [0.25, 0.3) is 6.08 Å². The summed E-state index contributed by atoms with van der Waals surface area (Å²) in [6, 6.07) is 11.8. The Morgan fingerprint density at radius 3 is 2.68 bits per heavy atom. The van der Waals surface area contributed by atoms with E-state index in [2.05, 4.69) is 5.32 Å². The molecule has 2 rings (SSSR count). The van der Waals surface area contributed by atoms with Crippen LogP contribution in [-0.4, -0.2) is 10.8 Å². The van der Waals surface area contributed by atoms with Crippen LogP contribution in [0.1, 0.15) is 11.1 Å². The zero-order valence-electron chi connectivity index (χ0n) is 11.7. The number of carbonyl (C=O) groups excluding carboxylic acids is 1. The highest BCUT2D eigenvalue weighted by atomic mass is 35.5. The van der Waals surface area contributed by atoms with E-state index in [1.165, 1.54) is 24.3 Å². The number of nitro benzene ring substituents is 1. The minimum absolute atomic E-state index is 0.0616. The van der Waals surface area contributed by atoms with Gasteiger partial charge in [-0.1, -0.05) is 35.9 Å². The number of rotatable bonds is 4. The highest BCUT2D eigenvalue weighted by molar-refractivity contribution is 6.32. The van der Waals surface area contributed by atoms with Gasteiger partial charge in [0.1, 0.15) is 5.02 Å². The molecule has 0 saturated heterocycles. The van der Waals surface area contributed by atoms with Gasteiger partial charge in [0.15, 0.2) is 0 Å². The Hall–Kier alpha value is -2.66. The molecular formula is C16H13ClN2O3. The second-order valence-electron chi connectivity index (χ2n) is 4.61. The van der Waals surface area contributed by atoms with E-state index in [1.807, 2.05) is 25.1 Å². The highest BCUT2D eigenvalue weighted by Crippen LogP contribution is 2.25. The minimum atomic E-state index is -0.562. The minimum Gasteiger partial charge on any atom is -0.322 e. The molecule has 0 aliphatic carbocycles. The van der Waals surface area contributed by atoms with E-state index >= 15 is 0 Å². The fourth-order valence-electron chi connectivity index (χ4n) is 1.83. The predicted octanol–water partition coefficient (Wildman–Crippen LogP) is 4.21. The first-order valence-corrected chi connectivity index (χ1v) is 6.84. The molecule has 1 N–H and O–H groups in total. The number of nitro groups is 1. The Balaban J connectivity index is 2.12. The lowest BCUT2D eigenvalue weighted by Crippen LogP contribution is -2.08. The van der Waals surface area contributed by atoms with Crippen molar-refractivity contribution >= 4 is 35.0 Å². The van der Waals surface area contributed by atoms with E-state index in [-0.39, 0.29) is 16.6 Å². The summed E-state index contributed by atoms with van der Waals surface area (Å²) < 4.78 is 0. The van der Waals surface area contributed by atoms with E-state index in [9.17, 15) is 14.9 Å². The maximum absolute atomic E-state index is 11.9. The predicted molar refractivity (Wildman–Crippen MR) is 86.9 cm³/mol. The highest BCUT2D eigenvalue weighted by Gasteiger charge is 2.11. The quantitative estimate of drug-likeness (QED) is 0.521. The fourth-order valence-corrected chi connectivity index (χ4v) is 2.02. The molecule has 0 unspecified atom stereocenters. The number of para-hydroxylation sites is 1. The van der Waals surface area contributed by atoms with Crippen LogP contribution >= 0.6 is 11.6 Å². The monoisotopic (exact) mass is 316 g/mol. The van der Waals surface area contributed by atoms with Gasteiger partial charge in [-0.15, -0.1) is 0 Å². The summed E-state index contributed by atoms with van der Waals surface area (Å²) in [7, 11) is 0. The van der Waals surface area contributed by atoms with Gasteiger partial charge in [-0.25, -0.2) is 0 Å². The molecule has 0 aliphatic heterocycles. The van der Waals surface area contributed by atoms with Crippen molar-refractivity contribution in [3.8, 4) is 0 Å². The van der Waals surface area contributed by atoms with Gasteiger partial charge in [0.05, 0.1) is 4.92 Å². The van der Waals surface area contributed by atoms with Gasteiger partial charge in [0, 0.05) is 17.8 Å². The molecule has 0 heterocycles. The van der Waals surface area contributed by atoms with Gasteiger partial charge in [0.25, 0.3) is 5.69 Å². The molecule has 0 aromatic heterocycles. The van der Waals surface area contributed by atoms with Gasteiger partial charge in [-0.05, 0) is 36.3 Å². The number of halogens is 1. The molecule has 112 valence electrons. The van der Waals surface area contributed by atoms with Crippen molar-refractivity contribution in [1.29, 1.82) is 0 Å². The Morgan fingerprint density at radius 1 is 1.27 bits per heavy atom. The van der Waals surface area contributed by atoms with Crippen LogP contribution in [-0.2, 0) is 4.79 Å². The number of hydrogen-bond acceptors (Lipinski definition) is 3. The summed E-state index contributed by atoms with van der Waals surface area (Å²) in [6.45, 7) is 1.89. The van der Waals surface area contributed by atoms with Crippen LogP contribution in [0.3, 0.4) is 0 Å². The molecular weight excluding hydrogens is 304 g/mol. The van der Waals surface area contributed by atoms with Gasteiger partial charge < -0.3 is 5.32 Å². The topological polar surface area (TPSA) is 72.2 Å². The lowest BCUT2D eigenvalue weighted by atomic mass is 10.2. The van der Waals surface area contributed by atoms with Crippen molar-refractivity contribution in [3.05, 3.63) is 74.8 Å². The molecule has 5 nitrogen and oxygen atoms in total. The van der Waals surface area contributed by atoms with Crippen LogP contribution in [0.4, 0.5) is 11.4 Å². The standard InChI is InChI=1S/C16H13ClN2O3/c1-11-4-2-3-5-14(11)18-16(20)9-7-12-6-8-13(17)15(10-12)19(21)22/h2-10H,1H3,(H,18,20)/b9-7+. The summed E-state index contributed by atoms with van der Waals surface area (Å²) in [5.41, 5.74) is 2.00. The second-order valence-corrected chi connectivity index (χ2v) is 5.01. The molecule has 0 atom stereocenters. The van der Waals surface area contributed by atoms with Crippen LogP contribution in [0.5, 0.6) is 0 Å². The van der Waals surface area contributed by atoms with E-state index in [0.29, 0.717) is 5.56 Å². The number of hydrogen-bond donors (Lipinski definition) is 1. The van der Waals surface area contributed by atoms with E-state index < -0.39 is 4.92 Å². The number of aryl methyl sites for hydroxylation is 1. The lowest BCUT2D eigenvalue weighted by molar-refractivity contribution is -0.384. The maximum Gasteiger partial charge on any atom is 0.288 e. The SMILES string of the molecule is Cc1ccccc1NC(=O)/C=C/c1ccc(Cl)c([N+](=O)[O-])c1. The first-order chi connectivity index (χ1) is 10.5. The largest absolute Gasteiger partial charge is 0.322 e. The van der Waals surface area contributed by atoms with Crippen molar-refractivity contribution in [2.75, 3.05) is 5.32 Å². The Bertz CT molecular complexity index is 757. The van der Waals surface area contributed by atoms with Crippen LogP contribution in [0.15, 0.2) is 48.5 Å². The molecule has 0 radical (unpaired) electrons. The van der Waals surface area contributed by atoms with Crippen molar-refractivity contribution in [2.24, 2.45) is 0 Å². The molecule has 0 bridgehead atoms. The maximum atomic E-state index is 11.9. The number of nitrogens with one attached hydrogen (secondary N) is 1.